The van der Waals surface area contributed by atoms with Gasteiger partial charge in [-0.25, -0.2) is 4.98 Å². The normalized spacial score (nSPS) is 19.1. The van der Waals surface area contributed by atoms with E-state index < -0.39 is 11.4 Å². The smallest absolute Gasteiger partial charge is 0.309 e. The number of carboxylic acid groups (broad SMARTS) is 1. The minimum Gasteiger partial charge on any atom is -0.481 e. The maximum Gasteiger partial charge on any atom is 0.309 e. The Labute approximate surface area is 106 Å². The molecule has 94 valence electrons. The van der Waals surface area contributed by atoms with Gasteiger partial charge in [-0.3, -0.25) is 4.79 Å². The first-order valence-electron chi connectivity index (χ1n) is 6.26. The number of hydrogen-bond donors (Lipinski definition) is 1. The Morgan fingerprint density at radius 2 is 2.18 bits per heavy atom. The molecule has 0 spiro atoms. The molecule has 0 atom stereocenters. The number of aryl methyl sites for hydroxylation is 2. The summed E-state index contributed by atoms with van der Waals surface area (Å²) in [5.74, 6) is -0.598. The second-order valence-corrected chi connectivity index (χ2v) is 5.95. The lowest BCUT2D eigenvalue weighted by atomic mass is 9.71. The first-order valence-corrected chi connectivity index (χ1v) is 7.14. The molecule has 2 rings (SSSR count). The molecule has 1 heterocycles. The lowest BCUT2D eigenvalue weighted by Crippen LogP contribution is -2.33. The van der Waals surface area contributed by atoms with Gasteiger partial charge >= 0.3 is 5.97 Å². The van der Waals surface area contributed by atoms with Crippen molar-refractivity contribution in [3.8, 4) is 0 Å². The zero-order chi connectivity index (χ0) is 12.3. The highest BCUT2D eigenvalue weighted by atomic mass is 32.1. The predicted octanol–water partition coefficient (Wildman–Crippen LogP) is 3.42. The summed E-state index contributed by atoms with van der Waals surface area (Å²) < 4.78 is 0. The van der Waals surface area contributed by atoms with Gasteiger partial charge in [0, 0.05) is 4.88 Å². The monoisotopic (exact) mass is 253 g/mol. The third-order valence-electron chi connectivity index (χ3n) is 3.94. The molecule has 0 amide bonds. The van der Waals surface area contributed by atoms with E-state index in [9.17, 15) is 9.90 Å². The zero-order valence-corrected chi connectivity index (χ0v) is 11.1. The number of aliphatic carboxylic acids is 1. The first-order chi connectivity index (χ1) is 8.14. The zero-order valence-electron chi connectivity index (χ0n) is 10.2. The molecule has 0 radical (unpaired) electrons. The van der Waals surface area contributed by atoms with E-state index in [1.807, 2.05) is 12.4 Å². The van der Waals surface area contributed by atoms with Crippen LogP contribution in [0.1, 0.15) is 49.1 Å². The van der Waals surface area contributed by atoms with Crippen LogP contribution in [0.25, 0.3) is 0 Å². The Kier molecular flexibility index (Phi) is 3.82. The maximum absolute atomic E-state index is 11.5. The van der Waals surface area contributed by atoms with Crippen molar-refractivity contribution >= 4 is 17.3 Å². The number of rotatable bonds is 4. The van der Waals surface area contributed by atoms with Gasteiger partial charge in [0.15, 0.2) is 0 Å². The fourth-order valence-corrected chi connectivity index (χ4v) is 3.50. The summed E-state index contributed by atoms with van der Waals surface area (Å²) in [7, 11) is 0. The molecular formula is C13H19NO2S. The highest BCUT2D eigenvalue weighted by Crippen LogP contribution is 2.40. The van der Waals surface area contributed by atoms with Gasteiger partial charge in [-0.15, -0.1) is 11.3 Å². The Balaban J connectivity index is 2.03. The van der Waals surface area contributed by atoms with Crippen LogP contribution in [0.15, 0.2) is 5.51 Å². The molecule has 1 aliphatic rings. The van der Waals surface area contributed by atoms with Gasteiger partial charge in [0.25, 0.3) is 0 Å². The maximum atomic E-state index is 11.5. The van der Waals surface area contributed by atoms with Crippen molar-refractivity contribution in [2.75, 3.05) is 0 Å². The molecule has 1 aliphatic carbocycles. The van der Waals surface area contributed by atoms with Crippen LogP contribution in [0.2, 0.25) is 0 Å². The molecular weight excluding hydrogens is 234 g/mol. The number of nitrogens with zero attached hydrogens (tertiary/aromatic N) is 1. The number of thiazole rings is 1. The molecule has 0 bridgehead atoms. The Hall–Kier alpha value is -0.900. The van der Waals surface area contributed by atoms with Gasteiger partial charge in [0.1, 0.15) is 0 Å². The molecule has 0 saturated heterocycles. The molecule has 1 saturated carbocycles. The SMILES string of the molecule is Cc1ncsc1CCC1(C(=O)O)CCCCC1. The van der Waals surface area contributed by atoms with Gasteiger partial charge in [0.05, 0.1) is 16.6 Å². The van der Waals surface area contributed by atoms with Crippen molar-refractivity contribution < 1.29 is 9.90 Å². The first kappa shape index (κ1) is 12.6. The quantitative estimate of drug-likeness (QED) is 0.894. The number of hydrogen-bond acceptors (Lipinski definition) is 3. The molecule has 1 aromatic heterocycles. The largest absolute Gasteiger partial charge is 0.481 e. The fraction of sp³-hybridized carbons (Fsp3) is 0.692. The number of carboxylic acids is 1. The topological polar surface area (TPSA) is 50.2 Å². The molecule has 1 fully saturated rings. The fourth-order valence-electron chi connectivity index (χ4n) is 2.72. The van der Waals surface area contributed by atoms with Crippen LogP contribution < -0.4 is 0 Å². The van der Waals surface area contributed by atoms with Crippen molar-refractivity contribution in [3.63, 3.8) is 0 Å². The summed E-state index contributed by atoms with van der Waals surface area (Å²) in [6, 6.07) is 0. The van der Waals surface area contributed by atoms with Crippen LogP contribution in [0, 0.1) is 12.3 Å². The summed E-state index contributed by atoms with van der Waals surface area (Å²) in [5, 5.41) is 9.47. The van der Waals surface area contributed by atoms with Gasteiger partial charge in [-0.1, -0.05) is 19.3 Å². The average Bonchev–Trinajstić information content (AvgIpc) is 2.73. The van der Waals surface area contributed by atoms with Gasteiger partial charge in [-0.05, 0) is 32.6 Å². The molecule has 17 heavy (non-hydrogen) atoms. The van der Waals surface area contributed by atoms with Gasteiger partial charge in [-0.2, -0.15) is 0 Å². The molecule has 4 heteroatoms. The van der Waals surface area contributed by atoms with Crippen LogP contribution >= 0.6 is 11.3 Å². The summed E-state index contributed by atoms with van der Waals surface area (Å²) >= 11 is 1.64. The lowest BCUT2D eigenvalue weighted by molar-refractivity contribution is -0.151. The average molecular weight is 253 g/mol. The van der Waals surface area contributed by atoms with Gasteiger partial charge in [0.2, 0.25) is 0 Å². The molecule has 0 unspecified atom stereocenters. The van der Waals surface area contributed by atoms with Gasteiger partial charge < -0.3 is 5.11 Å². The highest BCUT2D eigenvalue weighted by Gasteiger charge is 2.39. The summed E-state index contributed by atoms with van der Waals surface area (Å²) in [6.07, 6.45) is 6.64. The Morgan fingerprint density at radius 1 is 1.47 bits per heavy atom. The second kappa shape index (κ2) is 5.17. The standard InChI is InChI=1S/C13H19NO2S/c1-10-11(17-9-14-10)5-8-13(12(15)16)6-3-2-4-7-13/h9H,2-8H2,1H3,(H,15,16). The Morgan fingerprint density at radius 3 is 2.71 bits per heavy atom. The van der Waals surface area contributed by atoms with Crippen molar-refractivity contribution in [2.24, 2.45) is 5.41 Å². The lowest BCUT2D eigenvalue weighted by Gasteiger charge is -2.33. The van der Waals surface area contributed by atoms with Crippen LogP contribution in [-0.4, -0.2) is 16.1 Å². The molecule has 1 aromatic rings. The molecule has 1 N–H and O–H groups in total. The molecule has 3 nitrogen and oxygen atoms in total. The van der Waals surface area contributed by atoms with E-state index in [1.54, 1.807) is 11.3 Å². The third-order valence-corrected chi connectivity index (χ3v) is 4.93. The highest BCUT2D eigenvalue weighted by molar-refractivity contribution is 7.09. The van der Waals surface area contributed by atoms with E-state index >= 15 is 0 Å². The van der Waals surface area contributed by atoms with E-state index in [1.165, 1.54) is 11.3 Å². The van der Waals surface area contributed by atoms with E-state index in [0.717, 1.165) is 44.2 Å². The molecule has 0 aromatic carbocycles. The number of aromatic nitrogens is 1. The summed E-state index contributed by atoms with van der Waals surface area (Å²) in [5.41, 5.74) is 2.44. The predicted molar refractivity (Wildman–Crippen MR) is 68.3 cm³/mol. The number of carbonyl (C=O) groups is 1. The van der Waals surface area contributed by atoms with E-state index in [-0.39, 0.29) is 0 Å². The van der Waals surface area contributed by atoms with Crippen molar-refractivity contribution in [3.05, 3.63) is 16.1 Å². The summed E-state index contributed by atoms with van der Waals surface area (Å²) in [6.45, 7) is 2.00. The van der Waals surface area contributed by atoms with E-state index in [0.29, 0.717) is 0 Å². The van der Waals surface area contributed by atoms with Crippen molar-refractivity contribution in [1.82, 2.24) is 4.98 Å². The van der Waals surface area contributed by atoms with Crippen LogP contribution in [0.4, 0.5) is 0 Å². The van der Waals surface area contributed by atoms with Crippen molar-refractivity contribution in [2.45, 2.75) is 51.9 Å². The van der Waals surface area contributed by atoms with E-state index in [2.05, 4.69) is 4.98 Å². The van der Waals surface area contributed by atoms with Crippen LogP contribution in [-0.2, 0) is 11.2 Å². The Bertz CT molecular complexity index is 394. The molecule has 0 aliphatic heterocycles. The second-order valence-electron chi connectivity index (χ2n) is 5.01. The van der Waals surface area contributed by atoms with Crippen LogP contribution in [0.3, 0.4) is 0 Å². The minimum absolute atomic E-state index is 0.464. The minimum atomic E-state index is -0.598. The van der Waals surface area contributed by atoms with E-state index in [4.69, 9.17) is 0 Å². The summed E-state index contributed by atoms with van der Waals surface area (Å²) in [4.78, 5) is 17.0. The third kappa shape index (κ3) is 2.68. The van der Waals surface area contributed by atoms with Crippen molar-refractivity contribution in [1.29, 1.82) is 0 Å². The van der Waals surface area contributed by atoms with Crippen LogP contribution in [0.5, 0.6) is 0 Å².